The molecule has 2 aliphatic rings. The maximum atomic E-state index is 11.8. The Morgan fingerprint density at radius 1 is 1.29 bits per heavy atom. The number of pyridine rings is 1. The summed E-state index contributed by atoms with van der Waals surface area (Å²) >= 11 is 1.66. The fourth-order valence-corrected chi connectivity index (χ4v) is 4.41. The minimum absolute atomic E-state index is 0.166. The maximum Gasteiger partial charge on any atom is 0.411 e. The van der Waals surface area contributed by atoms with Crippen LogP contribution in [0.15, 0.2) is 54.0 Å². The van der Waals surface area contributed by atoms with E-state index in [0.717, 1.165) is 54.8 Å². The van der Waals surface area contributed by atoms with Crippen molar-refractivity contribution in [1.29, 1.82) is 0 Å². The highest BCUT2D eigenvalue weighted by Crippen LogP contribution is 2.26. The predicted octanol–water partition coefficient (Wildman–Crippen LogP) is 3.56. The summed E-state index contributed by atoms with van der Waals surface area (Å²) in [5, 5.41) is 8.22. The molecule has 0 radical (unpaired) electrons. The second-order valence-corrected chi connectivity index (χ2v) is 8.96. The first-order valence-electron chi connectivity index (χ1n) is 11.4. The number of carbonyl (C=O) groups is 1. The third-order valence-corrected chi connectivity index (χ3v) is 6.43. The number of morpholine rings is 1. The van der Waals surface area contributed by atoms with Crippen molar-refractivity contribution in [3.63, 3.8) is 0 Å². The fraction of sp³-hybridized carbons (Fsp3) is 0.375. The van der Waals surface area contributed by atoms with Gasteiger partial charge in [0.05, 0.1) is 24.7 Å². The van der Waals surface area contributed by atoms with E-state index in [9.17, 15) is 4.79 Å². The third kappa shape index (κ3) is 7.35. The number of carbonyl (C=O) groups excluding carboxylic acids is 1. The van der Waals surface area contributed by atoms with Crippen LogP contribution in [0.5, 0.6) is 0 Å². The topological polar surface area (TPSA) is 94.6 Å². The Bertz CT molecular complexity index is 1050. The van der Waals surface area contributed by atoms with Crippen LogP contribution >= 0.6 is 11.9 Å². The van der Waals surface area contributed by atoms with Crippen LogP contribution < -0.4 is 15.5 Å². The number of hydrogen-bond acceptors (Lipinski definition) is 10. The summed E-state index contributed by atoms with van der Waals surface area (Å²) in [7, 11) is 2.01. The molecule has 186 valence electrons. The molecule has 0 aliphatic carbocycles. The second-order valence-electron chi connectivity index (χ2n) is 8.04. The molecule has 0 unspecified atom stereocenters. The second kappa shape index (κ2) is 12.4. The van der Waals surface area contributed by atoms with Crippen LogP contribution in [0.3, 0.4) is 0 Å². The molecule has 1 saturated heterocycles. The first-order chi connectivity index (χ1) is 17.1. The molecule has 3 heterocycles. The number of rotatable bonds is 10. The molecule has 0 spiro atoms. The van der Waals surface area contributed by atoms with Gasteiger partial charge >= 0.3 is 6.09 Å². The molecule has 0 saturated carbocycles. The average molecular weight is 498 g/mol. The minimum Gasteiger partial charge on any atom is -0.445 e. The SMILES string of the molecule is C=CCOC(=O)Nc1cccc(CNc2cc(N3CCOCC3)cc(CSN3C=NCN3C)n2)c1. The smallest absolute Gasteiger partial charge is 0.411 e. The van der Waals surface area contributed by atoms with Gasteiger partial charge in [0.25, 0.3) is 0 Å². The average Bonchev–Trinajstić information content (AvgIpc) is 3.30. The number of aliphatic imine (C=N–C) groups is 1. The van der Waals surface area contributed by atoms with Crippen LogP contribution in [0.2, 0.25) is 0 Å². The van der Waals surface area contributed by atoms with Gasteiger partial charge in [-0.15, -0.1) is 0 Å². The Kier molecular flexibility index (Phi) is 8.82. The number of nitrogens with one attached hydrogen (secondary N) is 2. The zero-order chi connectivity index (χ0) is 24.5. The van der Waals surface area contributed by atoms with Gasteiger partial charge in [0, 0.05) is 44.1 Å². The van der Waals surface area contributed by atoms with E-state index in [-0.39, 0.29) is 6.61 Å². The first kappa shape index (κ1) is 24.8. The minimum atomic E-state index is -0.509. The van der Waals surface area contributed by atoms with Crippen molar-refractivity contribution in [1.82, 2.24) is 14.4 Å². The number of hydrazine groups is 1. The van der Waals surface area contributed by atoms with Crippen LogP contribution in [0, 0.1) is 0 Å². The molecule has 0 bridgehead atoms. The highest BCUT2D eigenvalue weighted by Gasteiger charge is 2.17. The van der Waals surface area contributed by atoms with Gasteiger partial charge in [0.2, 0.25) is 0 Å². The monoisotopic (exact) mass is 497 g/mol. The molecule has 11 heteroatoms. The Hall–Kier alpha value is -3.28. The molecule has 1 amide bonds. The molecule has 0 atom stereocenters. The van der Waals surface area contributed by atoms with Gasteiger partial charge in [0.1, 0.15) is 25.4 Å². The van der Waals surface area contributed by atoms with Crippen LogP contribution in [0.1, 0.15) is 11.3 Å². The number of aromatic nitrogens is 1. The molecule has 2 aliphatic heterocycles. The summed E-state index contributed by atoms with van der Waals surface area (Å²) in [5.74, 6) is 1.52. The number of hydrogen-bond donors (Lipinski definition) is 2. The van der Waals surface area contributed by atoms with Gasteiger partial charge < -0.3 is 19.7 Å². The number of ether oxygens (including phenoxy) is 2. The highest BCUT2D eigenvalue weighted by molar-refractivity contribution is 7.96. The molecule has 10 nitrogen and oxygen atoms in total. The van der Waals surface area contributed by atoms with Crippen molar-refractivity contribution in [2.24, 2.45) is 4.99 Å². The van der Waals surface area contributed by atoms with Gasteiger partial charge in [-0.1, -0.05) is 24.8 Å². The molecule has 2 N–H and O–H groups in total. The maximum absolute atomic E-state index is 11.8. The quantitative estimate of drug-likeness (QED) is 0.377. The summed E-state index contributed by atoms with van der Waals surface area (Å²) in [6.07, 6.45) is 2.86. The molecular formula is C24H31N7O3S. The van der Waals surface area contributed by atoms with Gasteiger partial charge in [-0.05, 0) is 35.7 Å². The summed E-state index contributed by atoms with van der Waals surface area (Å²) in [6.45, 7) is 8.09. The lowest BCUT2D eigenvalue weighted by molar-refractivity contribution is 0.122. The van der Waals surface area contributed by atoms with E-state index >= 15 is 0 Å². The zero-order valence-electron chi connectivity index (χ0n) is 19.9. The van der Waals surface area contributed by atoms with E-state index in [4.69, 9.17) is 14.5 Å². The zero-order valence-corrected chi connectivity index (χ0v) is 20.7. The number of nitrogens with zero attached hydrogens (tertiary/aromatic N) is 5. The third-order valence-electron chi connectivity index (χ3n) is 5.37. The van der Waals surface area contributed by atoms with E-state index in [1.165, 1.54) is 6.08 Å². The Morgan fingerprint density at radius 2 is 2.14 bits per heavy atom. The largest absolute Gasteiger partial charge is 0.445 e. The van der Waals surface area contributed by atoms with E-state index in [2.05, 4.69) is 39.2 Å². The van der Waals surface area contributed by atoms with E-state index in [1.54, 1.807) is 11.9 Å². The van der Waals surface area contributed by atoms with Crippen molar-refractivity contribution in [3.8, 4) is 0 Å². The van der Waals surface area contributed by atoms with Crippen LogP contribution in [0.25, 0.3) is 0 Å². The van der Waals surface area contributed by atoms with Crippen molar-refractivity contribution < 1.29 is 14.3 Å². The summed E-state index contributed by atoms with van der Waals surface area (Å²) < 4.78 is 12.5. The Labute approximate surface area is 210 Å². The van der Waals surface area contributed by atoms with E-state index in [1.807, 2.05) is 47.1 Å². The molecule has 35 heavy (non-hydrogen) atoms. The number of amides is 1. The van der Waals surface area contributed by atoms with Crippen molar-refractivity contribution in [2.45, 2.75) is 12.3 Å². The van der Waals surface area contributed by atoms with Crippen LogP contribution in [-0.4, -0.2) is 73.5 Å². The molecule has 4 rings (SSSR count). The lowest BCUT2D eigenvalue weighted by Crippen LogP contribution is -2.36. The molecule has 1 fully saturated rings. The van der Waals surface area contributed by atoms with Gasteiger partial charge in [-0.25, -0.2) is 14.2 Å². The highest BCUT2D eigenvalue weighted by atomic mass is 32.2. The molecule has 1 aromatic heterocycles. The van der Waals surface area contributed by atoms with Crippen LogP contribution in [0.4, 0.5) is 22.0 Å². The Morgan fingerprint density at radius 3 is 2.91 bits per heavy atom. The van der Waals surface area contributed by atoms with Crippen molar-refractivity contribution in [3.05, 3.63) is 60.3 Å². The van der Waals surface area contributed by atoms with E-state index < -0.39 is 6.09 Å². The summed E-state index contributed by atoms with van der Waals surface area (Å²) in [6, 6.07) is 11.9. The Balaban J connectivity index is 1.43. The fourth-order valence-electron chi connectivity index (χ4n) is 3.62. The molecule has 1 aromatic carbocycles. The molecular weight excluding hydrogens is 466 g/mol. The predicted molar refractivity (Wildman–Crippen MR) is 140 cm³/mol. The standard InChI is InChI=1S/C24H31N7O3S/c1-3-9-34-24(32)28-20-6-4-5-19(12-20)15-26-23-14-22(30-7-10-33-11-8-30)13-21(27-23)16-35-31-18-25-17-29(31)2/h3-6,12-14,18H,1,7-11,15-17H2,2H3,(H,26,27)(H,28,32). The van der Waals surface area contributed by atoms with Crippen LogP contribution in [-0.2, 0) is 21.8 Å². The summed E-state index contributed by atoms with van der Waals surface area (Å²) in [4.78, 5) is 23.3. The van der Waals surface area contributed by atoms with Crippen molar-refractivity contribution in [2.75, 3.05) is 62.2 Å². The molecule has 2 aromatic rings. The normalized spacial score (nSPS) is 15.8. The van der Waals surface area contributed by atoms with Gasteiger partial charge in [0.15, 0.2) is 0 Å². The lowest BCUT2D eigenvalue weighted by Gasteiger charge is -2.29. The van der Waals surface area contributed by atoms with Crippen molar-refractivity contribution >= 4 is 41.6 Å². The summed E-state index contributed by atoms with van der Waals surface area (Å²) in [5.41, 5.74) is 3.79. The van der Waals surface area contributed by atoms with E-state index in [0.29, 0.717) is 18.9 Å². The number of anilines is 3. The lowest BCUT2D eigenvalue weighted by atomic mass is 10.2. The van der Waals surface area contributed by atoms with Gasteiger partial charge in [-0.2, -0.15) is 5.01 Å². The first-order valence-corrected chi connectivity index (χ1v) is 12.4. The number of benzene rings is 1. The van der Waals surface area contributed by atoms with Gasteiger partial charge in [-0.3, -0.25) is 10.3 Å².